The van der Waals surface area contributed by atoms with Crippen LogP contribution in [-0.2, 0) is 13.0 Å². The van der Waals surface area contributed by atoms with E-state index in [2.05, 4.69) is 16.0 Å². The van der Waals surface area contributed by atoms with Crippen molar-refractivity contribution in [3.63, 3.8) is 0 Å². The molecule has 4 rings (SSSR count). The van der Waals surface area contributed by atoms with Crippen molar-refractivity contribution < 1.29 is 9.53 Å². The van der Waals surface area contributed by atoms with Gasteiger partial charge in [0.25, 0.3) is 5.91 Å². The van der Waals surface area contributed by atoms with Crippen LogP contribution in [0.3, 0.4) is 0 Å². The maximum Gasteiger partial charge on any atom is 0.251 e. The fourth-order valence-corrected chi connectivity index (χ4v) is 4.01. The van der Waals surface area contributed by atoms with Crippen molar-refractivity contribution >= 4 is 28.5 Å². The minimum atomic E-state index is -0.0746. The van der Waals surface area contributed by atoms with Gasteiger partial charge in [-0.05, 0) is 68.3 Å². The summed E-state index contributed by atoms with van der Waals surface area (Å²) in [6.07, 6.45) is 0.630. The van der Waals surface area contributed by atoms with Crippen molar-refractivity contribution in [3.05, 3.63) is 93.8 Å². The van der Waals surface area contributed by atoms with Crippen LogP contribution >= 0.6 is 11.6 Å². The minimum Gasteiger partial charge on any atom is -0.492 e. The molecule has 4 aromatic rings. The van der Waals surface area contributed by atoms with Gasteiger partial charge in [0.05, 0.1) is 17.6 Å². The Morgan fingerprint density at radius 1 is 1.03 bits per heavy atom. The van der Waals surface area contributed by atoms with Gasteiger partial charge in [0.2, 0.25) is 0 Å². The van der Waals surface area contributed by atoms with Gasteiger partial charge in [0.15, 0.2) is 0 Å². The molecule has 0 saturated carbocycles. The molecule has 5 nitrogen and oxygen atoms in total. The van der Waals surface area contributed by atoms with Gasteiger partial charge in [-0.25, -0.2) is 4.98 Å². The standard InChI is InChI=1S/C27H28ClN3O2/c1-18-8-10-21(11-9-18)27(32)29-13-12-25-30-23-6-4-5-7-24(23)31(25)14-15-33-22-16-19(2)26(28)20(3)17-22/h4-11,16-17H,12-15H2,1-3H3,(H,29,32). The first kappa shape index (κ1) is 22.9. The zero-order valence-electron chi connectivity index (χ0n) is 19.2. The highest BCUT2D eigenvalue weighted by Crippen LogP contribution is 2.26. The number of hydrogen-bond donors (Lipinski definition) is 1. The van der Waals surface area contributed by atoms with E-state index in [0.29, 0.717) is 31.7 Å². The third-order valence-corrected chi connectivity index (χ3v) is 6.27. The van der Waals surface area contributed by atoms with Crippen LogP contribution in [0, 0.1) is 20.8 Å². The van der Waals surface area contributed by atoms with Crippen molar-refractivity contribution in [1.82, 2.24) is 14.9 Å². The molecule has 0 fully saturated rings. The van der Waals surface area contributed by atoms with E-state index in [1.165, 1.54) is 0 Å². The summed E-state index contributed by atoms with van der Waals surface area (Å²) < 4.78 is 8.20. The fourth-order valence-electron chi connectivity index (χ4n) is 3.90. The van der Waals surface area contributed by atoms with Gasteiger partial charge in [-0.15, -0.1) is 0 Å². The summed E-state index contributed by atoms with van der Waals surface area (Å²) in [6, 6.07) is 19.6. The van der Waals surface area contributed by atoms with Crippen molar-refractivity contribution in [2.24, 2.45) is 0 Å². The normalized spacial score (nSPS) is 11.0. The average Bonchev–Trinajstić information content (AvgIpc) is 3.15. The number of halogens is 1. The lowest BCUT2D eigenvalue weighted by atomic mass is 10.1. The van der Waals surface area contributed by atoms with Crippen LogP contribution in [-0.4, -0.2) is 28.6 Å². The molecular formula is C27H28ClN3O2. The topological polar surface area (TPSA) is 56.2 Å². The summed E-state index contributed by atoms with van der Waals surface area (Å²) in [5.74, 6) is 1.66. The van der Waals surface area contributed by atoms with Gasteiger partial charge in [0.1, 0.15) is 18.2 Å². The molecule has 0 radical (unpaired) electrons. The van der Waals surface area contributed by atoms with Crippen LogP contribution in [0.4, 0.5) is 0 Å². The highest BCUT2D eigenvalue weighted by atomic mass is 35.5. The largest absolute Gasteiger partial charge is 0.492 e. The van der Waals surface area contributed by atoms with Crippen molar-refractivity contribution in [2.45, 2.75) is 33.7 Å². The zero-order chi connectivity index (χ0) is 23.4. The van der Waals surface area contributed by atoms with Gasteiger partial charge in [0, 0.05) is 23.6 Å². The van der Waals surface area contributed by atoms with Gasteiger partial charge in [-0.2, -0.15) is 0 Å². The molecule has 0 aliphatic rings. The van der Waals surface area contributed by atoms with E-state index < -0.39 is 0 Å². The number of carbonyl (C=O) groups excluding carboxylic acids is 1. The number of amides is 1. The predicted octanol–water partition coefficient (Wildman–Crippen LogP) is 5.67. The SMILES string of the molecule is Cc1ccc(C(=O)NCCc2nc3ccccc3n2CCOc2cc(C)c(Cl)c(C)c2)cc1. The average molecular weight is 462 g/mol. The first-order valence-corrected chi connectivity index (χ1v) is 11.5. The number of rotatable bonds is 8. The van der Waals surface area contributed by atoms with Crippen LogP contribution in [0.2, 0.25) is 5.02 Å². The minimum absolute atomic E-state index is 0.0746. The number of imidazole rings is 1. The lowest BCUT2D eigenvalue weighted by Crippen LogP contribution is -2.26. The molecule has 1 aromatic heterocycles. The van der Waals surface area contributed by atoms with Gasteiger partial charge < -0.3 is 14.6 Å². The molecular weight excluding hydrogens is 434 g/mol. The highest BCUT2D eigenvalue weighted by molar-refractivity contribution is 6.32. The third-order valence-electron chi connectivity index (χ3n) is 5.68. The second-order valence-electron chi connectivity index (χ2n) is 8.26. The molecule has 0 atom stereocenters. The van der Waals surface area contributed by atoms with E-state index in [0.717, 1.165) is 44.3 Å². The molecule has 0 bridgehead atoms. The maximum absolute atomic E-state index is 12.4. The predicted molar refractivity (Wildman–Crippen MR) is 133 cm³/mol. The molecule has 170 valence electrons. The van der Waals surface area contributed by atoms with E-state index in [4.69, 9.17) is 21.3 Å². The molecule has 1 heterocycles. The second-order valence-corrected chi connectivity index (χ2v) is 8.64. The summed E-state index contributed by atoms with van der Waals surface area (Å²) >= 11 is 6.27. The molecule has 0 aliphatic heterocycles. The Morgan fingerprint density at radius 3 is 2.45 bits per heavy atom. The summed E-state index contributed by atoms with van der Waals surface area (Å²) in [6.45, 7) is 7.63. The molecule has 0 unspecified atom stereocenters. The van der Waals surface area contributed by atoms with E-state index >= 15 is 0 Å². The number of nitrogens with one attached hydrogen (secondary N) is 1. The van der Waals surface area contributed by atoms with Crippen LogP contribution in [0.1, 0.15) is 32.9 Å². The number of hydrogen-bond acceptors (Lipinski definition) is 3. The van der Waals surface area contributed by atoms with Crippen LogP contribution in [0.25, 0.3) is 11.0 Å². The van der Waals surface area contributed by atoms with Gasteiger partial charge in [-0.1, -0.05) is 41.4 Å². The van der Waals surface area contributed by atoms with E-state index in [9.17, 15) is 4.79 Å². The smallest absolute Gasteiger partial charge is 0.251 e. The van der Waals surface area contributed by atoms with Crippen molar-refractivity contribution in [2.75, 3.05) is 13.2 Å². The Kier molecular flexibility index (Phi) is 6.99. The maximum atomic E-state index is 12.4. The highest BCUT2D eigenvalue weighted by Gasteiger charge is 2.12. The van der Waals surface area contributed by atoms with E-state index in [1.807, 2.05) is 75.4 Å². The quantitative estimate of drug-likeness (QED) is 0.368. The number of aromatic nitrogens is 2. The molecule has 1 N–H and O–H groups in total. The Hall–Kier alpha value is -3.31. The van der Waals surface area contributed by atoms with Crippen molar-refractivity contribution in [1.29, 1.82) is 0 Å². The first-order valence-electron chi connectivity index (χ1n) is 11.1. The first-order chi connectivity index (χ1) is 15.9. The molecule has 33 heavy (non-hydrogen) atoms. The molecule has 3 aromatic carbocycles. The number of para-hydroxylation sites is 2. The lowest BCUT2D eigenvalue weighted by Gasteiger charge is -2.13. The van der Waals surface area contributed by atoms with E-state index in [-0.39, 0.29) is 5.91 Å². The third kappa shape index (κ3) is 5.37. The lowest BCUT2D eigenvalue weighted by molar-refractivity contribution is 0.0954. The Labute approximate surface area is 199 Å². The van der Waals surface area contributed by atoms with Crippen LogP contribution < -0.4 is 10.1 Å². The molecule has 6 heteroatoms. The fraction of sp³-hybridized carbons (Fsp3) is 0.259. The zero-order valence-corrected chi connectivity index (χ0v) is 19.9. The summed E-state index contributed by atoms with van der Waals surface area (Å²) in [5, 5.41) is 3.78. The Bertz CT molecular complexity index is 1260. The number of aryl methyl sites for hydroxylation is 3. The van der Waals surface area contributed by atoms with E-state index in [1.54, 1.807) is 0 Å². The number of carbonyl (C=O) groups is 1. The van der Waals surface area contributed by atoms with Gasteiger partial charge >= 0.3 is 0 Å². The molecule has 0 saturated heterocycles. The Morgan fingerprint density at radius 2 is 1.73 bits per heavy atom. The summed E-state index contributed by atoms with van der Waals surface area (Å²) in [4.78, 5) is 17.2. The molecule has 0 spiro atoms. The number of benzene rings is 3. The van der Waals surface area contributed by atoms with Crippen LogP contribution in [0.15, 0.2) is 60.7 Å². The molecule has 0 aliphatic carbocycles. The van der Waals surface area contributed by atoms with Crippen molar-refractivity contribution in [3.8, 4) is 5.75 Å². The summed E-state index contributed by atoms with van der Waals surface area (Å²) in [5.41, 5.74) is 5.80. The number of ether oxygens (including phenoxy) is 1. The monoisotopic (exact) mass is 461 g/mol. The Balaban J connectivity index is 1.43. The van der Waals surface area contributed by atoms with Crippen LogP contribution in [0.5, 0.6) is 5.75 Å². The summed E-state index contributed by atoms with van der Waals surface area (Å²) in [7, 11) is 0. The number of nitrogens with zero attached hydrogens (tertiary/aromatic N) is 2. The van der Waals surface area contributed by atoms with Gasteiger partial charge in [-0.3, -0.25) is 4.79 Å². The second kappa shape index (κ2) is 10.1. The molecule has 1 amide bonds. The number of fused-ring (bicyclic) bond motifs is 1.